The average molecular weight is 737 g/mol. The van der Waals surface area contributed by atoms with Crippen molar-refractivity contribution in [2.24, 2.45) is 5.92 Å². The lowest BCUT2D eigenvalue weighted by atomic mass is 9.73. The molecule has 0 radical (unpaired) electrons. The summed E-state index contributed by atoms with van der Waals surface area (Å²) in [7, 11) is 0. The molecule has 3 atom stereocenters. The molecule has 0 amide bonds. The molecule has 1 aromatic carbocycles. The summed E-state index contributed by atoms with van der Waals surface area (Å²) >= 11 is 0. The van der Waals surface area contributed by atoms with Crippen LogP contribution in [0.25, 0.3) is 0 Å². The Balaban J connectivity index is 1.53. The smallest absolute Gasteiger partial charge is 0.0626 e. The predicted octanol–water partition coefficient (Wildman–Crippen LogP) is 14.1. The first-order valence-corrected chi connectivity index (χ1v) is 20.1. The van der Waals surface area contributed by atoms with Crippen LogP contribution in [0.3, 0.4) is 0 Å². The quantitative estimate of drug-likeness (QED) is 0.116. The minimum Gasteiger partial charge on any atom is -0.361 e. The van der Waals surface area contributed by atoms with Gasteiger partial charge in [0.15, 0.2) is 0 Å². The highest BCUT2D eigenvalue weighted by Gasteiger charge is 2.37. The van der Waals surface area contributed by atoms with Crippen LogP contribution >= 0.6 is 0 Å². The lowest BCUT2D eigenvalue weighted by Gasteiger charge is -2.47. The van der Waals surface area contributed by atoms with Gasteiger partial charge in [-0.05, 0) is 98.3 Å². The number of fused-ring (bicyclic) bond motifs is 1. The van der Waals surface area contributed by atoms with Gasteiger partial charge in [0.25, 0.3) is 0 Å². The molecule has 0 bridgehead atoms. The molecule has 0 saturated carbocycles. The number of benzene rings is 1. The van der Waals surface area contributed by atoms with Crippen LogP contribution in [0.5, 0.6) is 0 Å². The highest BCUT2D eigenvalue weighted by molar-refractivity contribution is 5.63. The van der Waals surface area contributed by atoms with Crippen LogP contribution in [0.2, 0.25) is 0 Å². The van der Waals surface area contributed by atoms with E-state index >= 15 is 0 Å². The highest BCUT2D eigenvalue weighted by Crippen LogP contribution is 2.41. The van der Waals surface area contributed by atoms with E-state index in [1.54, 1.807) is 0 Å². The first-order chi connectivity index (χ1) is 27.3. The zero-order chi connectivity index (χ0) is 39.8. The molecule has 2 heteroatoms. The van der Waals surface area contributed by atoms with Crippen molar-refractivity contribution in [1.29, 1.82) is 0 Å². The molecule has 4 aliphatic rings. The third-order valence-electron chi connectivity index (χ3n) is 11.2. The summed E-state index contributed by atoms with van der Waals surface area (Å²) in [6, 6.07) is 8.88. The maximum atomic E-state index is 4.44. The molecule has 0 fully saturated rings. The highest BCUT2D eigenvalue weighted by atomic mass is 15.2. The van der Waals surface area contributed by atoms with Gasteiger partial charge in [-0.2, -0.15) is 0 Å². The van der Waals surface area contributed by atoms with Gasteiger partial charge in [0, 0.05) is 42.2 Å². The fourth-order valence-electron chi connectivity index (χ4n) is 8.30. The van der Waals surface area contributed by atoms with E-state index in [-0.39, 0.29) is 5.54 Å². The van der Waals surface area contributed by atoms with Crippen LogP contribution in [0, 0.1) is 5.92 Å². The Bertz CT molecular complexity index is 2070. The van der Waals surface area contributed by atoms with Crippen LogP contribution in [0.15, 0.2) is 242 Å². The molecule has 3 unspecified atom stereocenters. The Kier molecular flexibility index (Phi) is 14.9. The molecule has 286 valence electrons. The molecule has 0 aliphatic heterocycles. The summed E-state index contributed by atoms with van der Waals surface area (Å²) in [6.45, 7) is 22.3. The van der Waals surface area contributed by atoms with E-state index in [0.717, 1.165) is 54.7 Å². The topological polar surface area (TPSA) is 6.48 Å². The predicted molar refractivity (Wildman–Crippen MR) is 246 cm³/mol. The summed E-state index contributed by atoms with van der Waals surface area (Å²) in [6.07, 6.45) is 62.0. The van der Waals surface area contributed by atoms with Gasteiger partial charge in [-0.15, -0.1) is 6.58 Å². The van der Waals surface area contributed by atoms with Crippen molar-refractivity contribution in [3.63, 3.8) is 0 Å². The Morgan fingerprint density at radius 1 is 0.893 bits per heavy atom. The summed E-state index contributed by atoms with van der Waals surface area (Å²) in [5, 5.41) is 0. The van der Waals surface area contributed by atoms with E-state index in [4.69, 9.17) is 0 Å². The Hall–Kier alpha value is -5.86. The molecule has 2 nitrogen and oxygen atoms in total. The van der Waals surface area contributed by atoms with Crippen molar-refractivity contribution in [2.75, 3.05) is 11.4 Å². The van der Waals surface area contributed by atoms with Gasteiger partial charge in [0.05, 0.1) is 11.0 Å². The van der Waals surface area contributed by atoms with Gasteiger partial charge < -0.3 is 9.80 Å². The van der Waals surface area contributed by atoms with Crippen molar-refractivity contribution in [2.45, 2.75) is 64.3 Å². The molecule has 4 aliphatic carbocycles. The molecular weight excluding hydrogens is 677 g/mol. The van der Waals surface area contributed by atoms with Crippen molar-refractivity contribution in [1.82, 2.24) is 4.90 Å². The number of anilines is 1. The van der Waals surface area contributed by atoms with E-state index in [1.165, 1.54) is 22.4 Å². The van der Waals surface area contributed by atoms with E-state index in [9.17, 15) is 0 Å². The fourth-order valence-corrected chi connectivity index (χ4v) is 8.30. The Morgan fingerprint density at radius 2 is 1.71 bits per heavy atom. The maximum absolute atomic E-state index is 4.44. The number of hydrogen-bond acceptors (Lipinski definition) is 2. The zero-order valence-electron chi connectivity index (χ0n) is 34.0. The summed E-state index contributed by atoms with van der Waals surface area (Å²) in [5.74, 6) is 0.373. The third-order valence-corrected chi connectivity index (χ3v) is 11.2. The maximum Gasteiger partial charge on any atom is 0.0626 e. The van der Waals surface area contributed by atoms with Crippen LogP contribution in [-0.4, -0.2) is 17.0 Å². The fraction of sp³-hybridized carbons (Fsp3) is 0.222. The van der Waals surface area contributed by atoms with Crippen molar-refractivity contribution < 1.29 is 0 Å². The van der Waals surface area contributed by atoms with Gasteiger partial charge >= 0.3 is 0 Å². The zero-order valence-corrected chi connectivity index (χ0v) is 34.0. The van der Waals surface area contributed by atoms with Gasteiger partial charge in [-0.3, -0.25) is 0 Å². The Labute approximate surface area is 338 Å². The van der Waals surface area contributed by atoms with E-state index < -0.39 is 5.41 Å². The average Bonchev–Trinajstić information content (AvgIpc) is 3.36. The third kappa shape index (κ3) is 9.50. The van der Waals surface area contributed by atoms with Crippen LogP contribution in [0.4, 0.5) is 5.69 Å². The van der Waals surface area contributed by atoms with Crippen molar-refractivity contribution in [3.05, 3.63) is 247 Å². The molecular formula is C54H60N2. The van der Waals surface area contributed by atoms with E-state index in [0.29, 0.717) is 5.92 Å². The molecule has 56 heavy (non-hydrogen) atoms. The monoisotopic (exact) mass is 736 g/mol. The number of rotatable bonds is 17. The molecule has 0 spiro atoms. The molecule has 0 heterocycles. The van der Waals surface area contributed by atoms with E-state index in [2.05, 4.69) is 202 Å². The molecule has 0 N–H and O–H groups in total. The lowest BCUT2D eigenvalue weighted by molar-refractivity contribution is 0.193. The van der Waals surface area contributed by atoms with Crippen molar-refractivity contribution in [3.8, 4) is 0 Å². The molecule has 0 saturated heterocycles. The van der Waals surface area contributed by atoms with Crippen LogP contribution in [0.1, 0.15) is 58.9 Å². The van der Waals surface area contributed by atoms with Gasteiger partial charge in [0.1, 0.15) is 0 Å². The summed E-state index contributed by atoms with van der Waals surface area (Å²) < 4.78 is 0. The normalized spacial score (nSPS) is 22.1. The number of hydrogen-bond donors (Lipinski definition) is 0. The standard InChI is InChI=1S/C54H60N2/c1-8-13-15-18-21-41-55(51-34-23-29-45-28-22-30-46(45)43-51)49-37-35-48(36-38-49)54(12-5,40-14-9-2)47(26-10-3)31-25-42-56(50-32-19-16-17-20-33-50)53(7)39-24-27-44(6)52(53)11-4/h8-10,12-29,31-32,34-38,40-41,43,46H,2-3,5,11,30,33,39,42H2,1,4,6-7H3/b13-8-,18-15-,31-25-,40-14-,41-21+,47-26+. The molecule has 5 rings (SSSR count). The van der Waals surface area contributed by atoms with Crippen LogP contribution in [-0.2, 0) is 5.41 Å². The minimum absolute atomic E-state index is 0.136. The molecule has 1 aromatic rings. The second-order valence-corrected chi connectivity index (χ2v) is 14.6. The number of allylic oxidation sites excluding steroid dienone is 27. The summed E-state index contributed by atoms with van der Waals surface area (Å²) in [5.41, 5.74) is 9.15. The second-order valence-electron chi connectivity index (χ2n) is 14.6. The largest absolute Gasteiger partial charge is 0.361 e. The molecule has 0 aromatic heterocycles. The van der Waals surface area contributed by atoms with Gasteiger partial charge in [0.2, 0.25) is 0 Å². The van der Waals surface area contributed by atoms with Crippen molar-refractivity contribution >= 4 is 5.69 Å². The SMILES string of the molecule is C=C/C=C\C(C=C)(C(/C=C\CN(C1=CC=CC=CC1)C1(C)CC=CC(C)=C1CC)=C/C=C)c1ccc(N(/C=C/C=C\C=C/C)C2=CC3CC=CC3=CC=C2)cc1. The first-order valence-electron chi connectivity index (χ1n) is 20.1. The Morgan fingerprint density at radius 3 is 2.46 bits per heavy atom. The van der Waals surface area contributed by atoms with Crippen LogP contribution < -0.4 is 4.90 Å². The van der Waals surface area contributed by atoms with E-state index in [1.807, 2.05) is 43.4 Å². The first kappa shape index (κ1) is 41.3. The number of nitrogens with zero attached hydrogens (tertiary/aromatic N) is 2. The summed E-state index contributed by atoms with van der Waals surface area (Å²) in [4.78, 5) is 4.88. The van der Waals surface area contributed by atoms with Gasteiger partial charge in [-0.1, -0.05) is 172 Å². The second kappa shape index (κ2) is 20.2. The minimum atomic E-state index is -0.635. The van der Waals surface area contributed by atoms with Gasteiger partial charge in [-0.25, -0.2) is 0 Å². The lowest BCUT2D eigenvalue weighted by Crippen LogP contribution is -2.48.